The van der Waals surface area contributed by atoms with Gasteiger partial charge in [-0.1, -0.05) is 12.8 Å². The molecule has 0 radical (unpaired) electrons. The number of nitrogens with zero attached hydrogens (tertiary/aromatic N) is 1. The quantitative estimate of drug-likeness (QED) is 0.333. The molecule has 0 aromatic heterocycles. The maximum absolute atomic E-state index is 13.1. The maximum atomic E-state index is 13.1. The normalized spacial score (nSPS) is 14.8. The van der Waals surface area contributed by atoms with E-state index in [1.54, 1.807) is 0 Å². The van der Waals surface area contributed by atoms with Crippen LogP contribution in [0.5, 0.6) is 0 Å². The Bertz CT molecular complexity index is 574. The van der Waals surface area contributed by atoms with Crippen molar-refractivity contribution in [3.63, 3.8) is 0 Å². The summed E-state index contributed by atoms with van der Waals surface area (Å²) in [5.41, 5.74) is 1.25. The zero-order valence-electron chi connectivity index (χ0n) is 16.3. The van der Waals surface area contributed by atoms with Gasteiger partial charge in [-0.15, -0.1) is 0 Å². The second-order valence-corrected chi connectivity index (χ2v) is 14.7. The molecule has 3 nitrogen and oxygen atoms in total. The van der Waals surface area contributed by atoms with Crippen LogP contribution in [0.4, 0.5) is 0 Å². The van der Waals surface area contributed by atoms with Crippen LogP contribution >= 0.6 is 7.37 Å². The first-order valence-electron chi connectivity index (χ1n) is 8.43. The van der Waals surface area contributed by atoms with E-state index in [1.807, 2.05) is 61.5 Å². The molecule has 6 heteroatoms. The van der Waals surface area contributed by atoms with E-state index in [0.717, 1.165) is 0 Å². The van der Waals surface area contributed by atoms with Crippen molar-refractivity contribution in [2.75, 3.05) is 26.5 Å². The van der Waals surface area contributed by atoms with E-state index >= 15 is 0 Å². The fourth-order valence-corrected chi connectivity index (χ4v) is 9.16. The topological polar surface area (TPSA) is 29.5 Å². The zero-order chi connectivity index (χ0) is 18.2. The summed E-state index contributed by atoms with van der Waals surface area (Å²) in [6.45, 7) is 8.43. The minimum absolute atomic E-state index is 0. The molecule has 2 atom stereocenters. The van der Waals surface area contributed by atoms with E-state index in [4.69, 9.17) is 4.21 Å². The zero-order valence-corrected chi connectivity index (χ0v) is 19.3. The predicted octanol–water partition coefficient (Wildman–Crippen LogP) is 5.56. The average molecular weight is 421 g/mol. The molecular weight excluding hydrogens is 389 g/mol. The summed E-state index contributed by atoms with van der Waals surface area (Å²) in [7, 11) is -0.504. The Morgan fingerprint density at radius 2 is 1.64 bits per heavy atom. The second kappa shape index (κ2) is 11.3. The Hall–Kier alpha value is -0.414. The van der Waals surface area contributed by atoms with E-state index in [9.17, 15) is 4.57 Å². The van der Waals surface area contributed by atoms with Gasteiger partial charge in [-0.2, -0.15) is 35.9 Å². The Morgan fingerprint density at radius 3 is 2.00 bits per heavy atom. The van der Waals surface area contributed by atoms with Crippen molar-refractivity contribution in [2.45, 2.75) is 32.5 Å². The van der Waals surface area contributed by atoms with E-state index in [1.165, 1.54) is 5.56 Å². The van der Waals surface area contributed by atoms with E-state index in [0.29, 0.717) is 12.4 Å². The van der Waals surface area contributed by atoms with Crippen LogP contribution in [0.25, 0.3) is 0 Å². The molecule has 0 amide bonds. The first kappa shape index (κ1) is 24.6. The Labute approximate surface area is 165 Å². The summed E-state index contributed by atoms with van der Waals surface area (Å²) in [6.07, 6.45) is 1.15. The average Bonchev–Trinajstić information content (AvgIpc) is 3.12. The predicted molar refractivity (Wildman–Crippen MR) is 108 cm³/mol. The first-order valence-corrected chi connectivity index (χ1v) is 13.8. The molecule has 0 spiro atoms. The van der Waals surface area contributed by atoms with Gasteiger partial charge in [0.05, 0.1) is 6.29 Å². The van der Waals surface area contributed by atoms with Gasteiger partial charge in [-0.25, -0.2) is 24.3 Å². The Balaban J connectivity index is 0.000000820. The van der Waals surface area contributed by atoms with Gasteiger partial charge in [-0.3, -0.25) is 4.57 Å². The Morgan fingerprint density at radius 1 is 1.12 bits per heavy atom. The largest absolute Gasteiger partial charge is 2.00 e. The van der Waals surface area contributed by atoms with Gasteiger partial charge in [-0.05, 0) is 33.7 Å². The Kier molecular flexibility index (Phi) is 11.1. The molecular formula is C19H32FeNO2PSi. The van der Waals surface area contributed by atoms with Crippen molar-refractivity contribution in [1.82, 2.24) is 4.90 Å². The van der Waals surface area contributed by atoms with Crippen molar-refractivity contribution < 1.29 is 25.8 Å². The third-order valence-corrected chi connectivity index (χ3v) is 8.93. The molecule has 0 aliphatic carbocycles. The second-order valence-electron chi connectivity index (χ2n) is 7.50. The molecule has 142 valence electrons. The number of hydrogen-bond donors (Lipinski definition) is 0. The van der Waals surface area contributed by atoms with Crippen molar-refractivity contribution >= 4 is 15.7 Å². The standard InChI is InChI=1S/C14H27NO2PSi.C5H5.Fe/c1-13(14-9-7-8-10-14)11-18(16,12-15(2)3)17-19(4,5)6;1-2-4-5-3-1;/h7-10,13H,11-12H2,1-6H3;1-5H;/q2*-1;+2. The van der Waals surface area contributed by atoms with Gasteiger partial charge in [0.15, 0.2) is 8.32 Å². The van der Waals surface area contributed by atoms with Gasteiger partial charge in [0, 0.05) is 6.16 Å². The van der Waals surface area contributed by atoms with Crippen LogP contribution in [-0.4, -0.2) is 39.8 Å². The molecule has 2 aromatic rings. The molecule has 0 aliphatic heterocycles. The summed E-state index contributed by atoms with van der Waals surface area (Å²) >= 11 is 0. The smallest absolute Gasteiger partial charge is 0.369 e. The fourth-order valence-electron chi connectivity index (χ4n) is 2.61. The van der Waals surface area contributed by atoms with Crippen LogP contribution in [0.1, 0.15) is 18.4 Å². The van der Waals surface area contributed by atoms with Gasteiger partial charge < -0.3 is 9.11 Å². The number of hydrogen-bond acceptors (Lipinski definition) is 3. The van der Waals surface area contributed by atoms with Crippen LogP contribution in [0.15, 0.2) is 54.6 Å². The molecule has 0 N–H and O–H groups in total. The molecule has 0 aliphatic rings. The van der Waals surface area contributed by atoms with Crippen molar-refractivity contribution in [1.29, 1.82) is 0 Å². The van der Waals surface area contributed by atoms with E-state index in [2.05, 4.69) is 38.7 Å². The number of rotatable bonds is 7. The molecule has 2 rings (SSSR count). The third-order valence-electron chi connectivity index (χ3n) is 3.30. The molecule has 0 fully saturated rings. The van der Waals surface area contributed by atoms with Gasteiger partial charge in [0.25, 0.3) is 0 Å². The molecule has 2 unspecified atom stereocenters. The van der Waals surface area contributed by atoms with Crippen LogP contribution in [0.2, 0.25) is 19.6 Å². The SMILES string of the molecule is CC(CP(=O)(CN(C)C)O[Si](C)(C)C)[c-]1cccc1.[Fe+2].c1cc[cH-]c1. The fraction of sp³-hybridized carbons (Fsp3) is 0.474. The molecule has 0 heterocycles. The van der Waals surface area contributed by atoms with Crippen molar-refractivity contribution in [3.05, 3.63) is 60.2 Å². The maximum Gasteiger partial charge on any atom is 2.00 e. The van der Waals surface area contributed by atoms with Crippen molar-refractivity contribution in [2.24, 2.45) is 0 Å². The summed E-state index contributed by atoms with van der Waals surface area (Å²) in [6, 6.07) is 18.3. The minimum atomic E-state index is -2.61. The molecule has 0 saturated carbocycles. The minimum Gasteiger partial charge on any atom is -0.369 e. The molecule has 0 saturated heterocycles. The first-order chi connectivity index (χ1) is 11.1. The van der Waals surface area contributed by atoms with E-state index in [-0.39, 0.29) is 23.0 Å². The van der Waals surface area contributed by atoms with Crippen molar-refractivity contribution in [3.8, 4) is 0 Å². The monoisotopic (exact) mass is 421 g/mol. The molecule has 25 heavy (non-hydrogen) atoms. The summed E-state index contributed by atoms with van der Waals surface area (Å²) in [5.74, 6) is 0.275. The van der Waals surface area contributed by atoms with Gasteiger partial charge in [0.2, 0.25) is 7.37 Å². The molecule has 0 bridgehead atoms. The summed E-state index contributed by atoms with van der Waals surface area (Å²) in [4.78, 5) is 1.97. The van der Waals surface area contributed by atoms with Crippen LogP contribution in [0, 0.1) is 0 Å². The summed E-state index contributed by atoms with van der Waals surface area (Å²) < 4.78 is 19.2. The van der Waals surface area contributed by atoms with Crippen LogP contribution in [-0.2, 0) is 25.8 Å². The van der Waals surface area contributed by atoms with Crippen LogP contribution < -0.4 is 0 Å². The third kappa shape index (κ3) is 11.0. The summed E-state index contributed by atoms with van der Waals surface area (Å²) in [5, 5.41) is 0. The van der Waals surface area contributed by atoms with E-state index < -0.39 is 15.7 Å². The van der Waals surface area contributed by atoms with Gasteiger partial charge >= 0.3 is 17.1 Å². The van der Waals surface area contributed by atoms with Gasteiger partial charge in [0.1, 0.15) is 0 Å². The van der Waals surface area contributed by atoms with Crippen LogP contribution in [0.3, 0.4) is 0 Å². The molecule has 2 aromatic carbocycles.